The highest BCUT2D eigenvalue weighted by Crippen LogP contribution is 2.32. The van der Waals surface area contributed by atoms with Crippen LogP contribution in [0.4, 0.5) is 16.5 Å². The minimum absolute atomic E-state index is 0.305. The molecule has 2 aliphatic rings. The maximum Gasteiger partial charge on any atom is 0.243 e. The van der Waals surface area contributed by atoms with Crippen LogP contribution >= 0.6 is 11.3 Å². The van der Waals surface area contributed by atoms with Gasteiger partial charge >= 0.3 is 0 Å². The summed E-state index contributed by atoms with van der Waals surface area (Å²) < 4.78 is 27.3. The molecule has 0 aliphatic carbocycles. The van der Waals surface area contributed by atoms with Gasteiger partial charge in [-0.25, -0.2) is 19.2 Å². The Bertz CT molecular complexity index is 1180. The van der Waals surface area contributed by atoms with Gasteiger partial charge in [0.05, 0.1) is 16.3 Å². The first kappa shape index (κ1) is 22.3. The average molecular weight is 484 g/mol. The summed E-state index contributed by atoms with van der Waals surface area (Å²) in [4.78, 5) is 7.42. The molecule has 174 valence electrons. The van der Waals surface area contributed by atoms with Gasteiger partial charge in [-0.05, 0) is 62.1 Å². The zero-order chi connectivity index (χ0) is 22.8. The van der Waals surface area contributed by atoms with E-state index in [9.17, 15) is 8.42 Å². The van der Waals surface area contributed by atoms with E-state index >= 15 is 0 Å². The van der Waals surface area contributed by atoms with Crippen LogP contribution in [0.25, 0.3) is 11.3 Å². The second-order valence-electron chi connectivity index (χ2n) is 8.58. The van der Waals surface area contributed by atoms with Crippen molar-refractivity contribution in [2.24, 2.45) is 5.84 Å². The van der Waals surface area contributed by atoms with Crippen LogP contribution < -0.4 is 15.8 Å². The third kappa shape index (κ3) is 4.63. The quantitative estimate of drug-likeness (QED) is 0.408. The van der Waals surface area contributed by atoms with Crippen molar-refractivity contribution in [3.05, 3.63) is 53.9 Å². The van der Waals surface area contributed by atoms with Gasteiger partial charge in [-0.3, -0.25) is 5.01 Å². The fourth-order valence-corrected chi connectivity index (χ4v) is 6.76. The van der Waals surface area contributed by atoms with Crippen molar-refractivity contribution in [1.29, 1.82) is 0 Å². The van der Waals surface area contributed by atoms with E-state index in [1.807, 2.05) is 5.38 Å². The Hall–Kier alpha value is -2.46. The molecule has 0 unspecified atom stereocenters. The van der Waals surface area contributed by atoms with E-state index in [-0.39, 0.29) is 0 Å². The Morgan fingerprint density at radius 2 is 1.48 bits per heavy atom. The normalized spacial score (nSPS) is 17.4. The van der Waals surface area contributed by atoms with E-state index in [2.05, 4.69) is 29.2 Å². The molecular weight excluding hydrogens is 454 g/mol. The zero-order valence-corrected chi connectivity index (χ0v) is 20.2. The minimum Gasteiger partial charge on any atom is -0.372 e. The highest BCUT2D eigenvalue weighted by atomic mass is 32.2. The highest BCUT2D eigenvalue weighted by Gasteiger charge is 2.26. The maximum absolute atomic E-state index is 12.9. The molecule has 0 bridgehead atoms. The summed E-state index contributed by atoms with van der Waals surface area (Å²) in [6.45, 7) is 3.43. The smallest absolute Gasteiger partial charge is 0.243 e. The lowest BCUT2D eigenvalue weighted by Crippen LogP contribution is -2.35. The molecule has 7 nitrogen and oxygen atoms in total. The Labute approximate surface area is 199 Å². The lowest BCUT2D eigenvalue weighted by atomic mass is 10.1. The Kier molecular flexibility index (Phi) is 6.38. The molecule has 2 saturated heterocycles. The van der Waals surface area contributed by atoms with Crippen LogP contribution in [-0.2, 0) is 10.0 Å². The van der Waals surface area contributed by atoms with Crippen LogP contribution in [-0.4, -0.2) is 43.9 Å². The van der Waals surface area contributed by atoms with Gasteiger partial charge in [0.15, 0.2) is 0 Å². The number of anilines is 3. The molecule has 2 aromatic carbocycles. The third-order valence-electron chi connectivity index (χ3n) is 6.40. The number of thiazole rings is 1. The van der Waals surface area contributed by atoms with Crippen molar-refractivity contribution in [1.82, 2.24) is 9.29 Å². The summed E-state index contributed by atoms with van der Waals surface area (Å²) in [5, 5.41) is 4.15. The lowest BCUT2D eigenvalue weighted by molar-refractivity contribution is 0.346. The molecule has 1 aromatic heterocycles. The summed E-state index contributed by atoms with van der Waals surface area (Å²) in [5.41, 5.74) is 3.88. The van der Waals surface area contributed by atoms with Crippen LogP contribution in [0.1, 0.15) is 32.1 Å². The Morgan fingerprint density at radius 1 is 0.848 bits per heavy atom. The highest BCUT2D eigenvalue weighted by molar-refractivity contribution is 7.89. The lowest BCUT2D eigenvalue weighted by Gasteiger charge is -2.26. The van der Waals surface area contributed by atoms with Crippen molar-refractivity contribution < 1.29 is 8.42 Å². The van der Waals surface area contributed by atoms with Gasteiger partial charge in [0.1, 0.15) is 0 Å². The Morgan fingerprint density at radius 3 is 2.15 bits per heavy atom. The van der Waals surface area contributed by atoms with Crippen LogP contribution in [0.2, 0.25) is 0 Å². The van der Waals surface area contributed by atoms with Crippen LogP contribution in [0.15, 0.2) is 58.8 Å². The summed E-state index contributed by atoms with van der Waals surface area (Å²) >= 11 is 1.46. The topological polar surface area (TPSA) is 82.8 Å². The standard InChI is InChI=1S/C24H29N5O2S2/c25-29(21-10-12-22(13-11-21)33(30,31)28-16-2-1-3-17-28)24-26-23(18-32-24)19-6-8-20(9-7-19)27-14-4-5-15-27/h6-13,18H,1-5,14-17,25H2. The molecule has 0 amide bonds. The van der Waals surface area contributed by atoms with Crippen molar-refractivity contribution in [3.8, 4) is 11.3 Å². The number of hydrogen-bond acceptors (Lipinski definition) is 7. The van der Waals surface area contributed by atoms with Crippen LogP contribution in [0.5, 0.6) is 0 Å². The van der Waals surface area contributed by atoms with E-state index in [0.717, 1.165) is 43.6 Å². The summed E-state index contributed by atoms with van der Waals surface area (Å²) in [6.07, 6.45) is 5.44. The van der Waals surface area contributed by atoms with Crippen LogP contribution in [0.3, 0.4) is 0 Å². The number of hydrazine groups is 1. The van der Waals surface area contributed by atoms with Gasteiger partial charge in [0.2, 0.25) is 15.2 Å². The number of aromatic nitrogens is 1. The number of piperidine rings is 1. The van der Waals surface area contributed by atoms with E-state index < -0.39 is 10.0 Å². The first-order valence-corrected chi connectivity index (χ1v) is 13.8. The molecule has 0 saturated carbocycles. The van der Waals surface area contributed by atoms with Gasteiger partial charge in [0.25, 0.3) is 0 Å². The molecule has 0 spiro atoms. The van der Waals surface area contributed by atoms with Crippen molar-refractivity contribution in [2.45, 2.75) is 37.0 Å². The first-order valence-electron chi connectivity index (χ1n) is 11.5. The zero-order valence-electron chi connectivity index (χ0n) is 18.6. The second kappa shape index (κ2) is 9.42. The second-order valence-corrected chi connectivity index (χ2v) is 11.4. The summed E-state index contributed by atoms with van der Waals surface area (Å²) in [6, 6.07) is 15.3. The van der Waals surface area contributed by atoms with Crippen molar-refractivity contribution >= 4 is 37.9 Å². The molecule has 0 radical (unpaired) electrons. The molecule has 5 rings (SSSR count). The SMILES string of the molecule is NN(c1ccc(S(=O)(=O)N2CCCCC2)cc1)c1nc(-c2ccc(N3CCCC3)cc2)cs1. The van der Waals surface area contributed by atoms with Gasteiger partial charge in [-0.1, -0.05) is 18.6 Å². The van der Waals surface area contributed by atoms with Gasteiger partial charge in [-0.15, -0.1) is 11.3 Å². The average Bonchev–Trinajstić information content (AvgIpc) is 3.57. The first-order chi connectivity index (χ1) is 16.0. The van der Waals surface area contributed by atoms with E-state index in [4.69, 9.17) is 10.8 Å². The number of hydrogen-bond donors (Lipinski definition) is 1. The van der Waals surface area contributed by atoms with Gasteiger partial charge in [-0.2, -0.15) is 4.31 Å². The number of rotatable bonds is 6. The fourth-order valence-electron chi connectivity index (χ4n) is 4.47. The number of sulfonamides is 1. The van der Waals surface area contributed by atoms with E-state index in [1.165, 1.54) is 34.9 Å². The maximum atomic E-state index is 12.9. The van der Waals surface area contributed by atoms with Gasteiger partial charge < -0.3 is 4.90 Å². The molecule has 3 heterocycles. The van der Waals surface area contributed by atoms with E-state index in [0.29, 0.717) is 28.8 Å². The molecular formula is C24H29N5O2S2. The molecule has 0 atom stereocenters. The molecule has 2 N–H and O–H groups in total. The van der Waals surface area contributed by atoms with Crippen molar-refractivity contribution in [3.63, 3.8) is 0 Å². The van der Waals surface area contributed by atoms with Crippen molar-refractivity contribution in [2.75, 3.05) is 36.1 Å². The summed E-state index contributed by atoms with van der Waals surface area (Å²) in [7, 11) is -3.45. The summed E-state index contributed by atoms with van der Waals surface area (Å²) in [5.74, 6) is 6.33. The molecule has 3 aromatic rings. The van der Waals surface area contributed by atoms with Crippen LogP contribution in [0, 0.1) is 0 Å². The monoisotopic (exact) mass is 483 g/mol. The number of nitrogens with zero attached hydrogens (tertiary/aromatic N) is 4. The molecule has 2 aliphatic heterocycles. The molecule has 33 heavy (non-hydrogen) atoms. The molecule has 2 fully saturated rings. The van der Waals surface area contributed by atoms with E-state index in [1.54, 1.807) is 28.6 Å². The number of nitrogens with two attached hydrogens (primary N) is 1. The largest absolute Gasteiger partial charge is 0.372 e. The minimum atomic E-state index is -3.45. The number of benzene rings is 2. The predicted octanol–water partition coefficient (Wildman–Crippen LogP) is 4.60. The Balaban J connectivity index is 1.29. The fraction of sp³-hybridized carbons (Fsp3) is 0.375. The third-order valence-corrected chi connectivity index (χ3v) is 9.15. The predicted molar refractivity (Wildman–Crippen MR) is 134 cm³/mol. The van der Waals surface area contributed by atoms with Gasteiger partial charge in [0, 0.05) is 42.8 Å². The molecule has 9 heteroatoms.